The van der Waals surface area contributed by atoms with Crippen LogP contribution in [-0.2, 0) is 0 Å². The van der Waals surface area contributed by atoms with Crippen LogP contribution in [0.3, 0.4) is 0 Å². The minimum Gasteiger partial charge on any atom is -0.497 e. The maximum absolute atomic E-state index is 13.8. The lowest BCUT2D eigenvalue weighted by molar-refractivity contribution is -0.0588. The molecular weight excluding hydrogens is 411 g/mol. The standard InChI is InChI=1S/C25H29FN2O4/c1-15-24(19-11-16(26)3-6-20(19)27-15)22(30)14-28-9-7-25(8-10-28)13-21(29)18-5-4-17(31-2)12-23(18)32-25/h3-6,11-12,21-22,27,29-30H,7-10,13-14H2,1-2H3/t21-,22-/m1/s1. The van der Waals surface area contributed by atoms with E-state index in [9.17, 15) is 14.6 Å². The zero-order chi connectivity index (χ0) is 22.5. The van der Waals surface area contributed by atoms with Crippen molar-refractivity contribution in [2.45, 2.75) is 44.0 Å². The first-order valence-electron chi connectivity index (χ1n) is 11.1. The van der Waals surface area contributed by atoms with Gasteiger partial charge in [0.05, 0.1) is 19.3 Å². The van der Waals surface area contributed by atoms with Gasteiger partial charge in [0.25, 0.3) is 0 Å². The number of hydrogen-bond donors (Lipinski definition) is 3. The zero-order valence-electron chi connectivity index (χ0n) is 18.4. The van der Waals surface area contributed by atoms with Crippen molar-refractivity contribution in [2.75, 3.05) is 26.7 Å². The summed E-state index contributed by atoms with van der Waals surface area (Å²) >= 11 is 0. The summed E-state index contributed by atoms with van der Waals surface area (Å²) in [5.74, 6) is 1.09. The molecule has 3 heterocycles. The molecule has 0 bridgehead atoms. The van der Waals surface area contributed by atoms with E-state index in [1.807, 2.05) is 25.1 Å². The van der Waals surface area contributed by atoms with E-state index in [0.29, 0.717) is 24.5 Å². The lowest BCUT2D eigenvalue weighted by Gasteiger charge is -2.46. The van der Waals surface area contributed by atoms with Gasteiger partial charge in [-0.25, -0.2) is 4.39 Å². The minimum atomic E-state index is -0.720. The Kier molecular flexibility index (Phi) is 5.35. The van der Waals surface area contributed by atoms with Crippen LogP contribution in [0.2, 0.25) is 0 Å². The van der Waals surface area contributed by atoms with Gasteiger partial charge in [0.1, 0.15) is 22.9 Å². The van der Waals surface area contributed by atoms with Gasteiger partial charge in [0.15, 0.2) is 0 Å². The number of aliphatic hydroxyl groups is 2. The molecule has 2 aliphatic heterocycles. The van der Waals surface area contributed by atoms with Gasteiger partial charge in [-0.3, -0.25) is 0 Å². The van der Waals surface area contributed by atoms with E-state index in [1.54, 1.807) is 13.2 Å². The first-order valence-corrected chi connectivity index (χ1v) is 11.1. The first-order chi connectivity index (χ1) is 15.4. The highest BCUT2D eigenvalue weighted by molar-refractivity contribution is 5.85. The number of aryl methyl sites for hydroxylation is 1. The lowest BCUT2D eigenvalue weighted by Crippen LogP contribution is -2.51. The Morgan fingerprint density at radius 2 is 2.03 bits per heavy atom. The second kappa shape index (κ2) is 8.06. The summed E-state index contributed by atoms with van der Waals surface area (Å²) in [7, 11) is 1.62. The number of hydrogen-bond acceptors (Lipinski definition) is 5. The van der Waals surface area contributed by atoms with Crippen molar-refractivity contribution in [2.24, 2.45) is 0 Å². The second-order valence-corrected chi connectivity index (χ2v) is 9.08. The third-order valence-corrected chi connectivity index (χ3v) is 7.00. The molecule has 0 aliphatic carbocycles. The fourth-order valence-electron chi connectivity index (χ4n) is 5.28. The molecule has 3 aromatic rings. The van der Waals surface area contributed by atoms with Crippen LogP contribution in [0.1, 0.15) is 48.3 Å². The third kappa shape index (κ3) is 3.74. The summed E-state index contributed by atoms with van der Waals surface area (Å²) in [5, 5.41) is 22.4. The van der Waals surface area contributed by atoms with Crippen molar-refractivity contribution in [1.82, 2.24) is 9.88 Å². The molecule has 2 atom stereocenters. The van der Waals surface area contributed by atoms with Gasteiger partial charge in [0, 0.05) is 59.8 Å². The average Bonchev–Trinajstić information content (AvgIpc) is 3.10. The maximum Gasteiger partial charge on any atom is 0.129 e. The van der Waals surface area contributed by atoms with Crippen LogP contribution >= 0.6 is 0 Å². The topological polar surface area (TPSA) is 78.0 Å². The summed E-state index contributed by atoms with van der Waals surface area (Å²) in [5.41, 5.74) is 2.83. The molecular formula is C25H29FN2O4. The number of nitrogens with zero attached hydrogens (tertiary/aromatic N) is 1. The lowest BCUT2D eigenvalue weighted by atomic mass is 9.81. The molecule has 2 aromatic carbocycles. The predicted molar refractivity (Wildman–Crippen MR) is 120 cm³/mol. The van der Waals surface area contributed by atoms with Crippen molar-refractivity contribution in [1.29, 1.82) is 0 Å². The number of ether oxygens (including phenoxy) is 2. The fraction of sp³-hybridized carbons (Fsp3) is 0.440. The van der Waals surface area contributed by atoms with Crippen LogP contribution in [0.4, 0.5) is 4.39 Å². The van der Waals surface area contributed by atoms with Gasteiger partial charge >= 0.3 is 0 Å². The van der Waals surface area contributed by atoms with E-state index < -0.39 is 17.8 Å². The van der Waals surface area contributed by atoms with Gasteiger partial charge in [-0.05, 0) is 50.1 Å². The number of H-pyrrole nitrogens is 1. The van der Waals surface area contributed by atoms with Gasteiger partial charge in [-0.1, -0.05) is 0 Å². The first kappa shape index (κ1) is 21.2. The number of nitrogens with one attached hydrogen (secondary N) is 1. The van der Waals surface area contributed by atoms with Crippen molar-refractivity contribution >= 4 is 10.9 Å². The van der Waals surface area contributed by atoms with E-state index in [1.165, 1.54) is 12.1 Å². The molecule has 1 saturated heterocycles. The number of aromatic nitrogens is 1. The van der Waals surface area contributed by atoms with Crippen LogP contribution in [0.5, 0.6) is 11.5 Å². The molecule has 0 unspecified atom stereocenters. The van der Waals surface area contributed by atoms with E-state index >= 15 is 0 Å². The Hall–Kier alpha value is -2.61. The number of β-amino-alcohol motifs (C(OH)–C–C–N with tert-alkyl or cyclic N) is 1. The minimum absolute atomic E-state index is 0.310. The largest absolute Gasteiger partial charge is 0.497 e. The predicted octanol–water partition coefficient (Wildman–Crippen LogP) is 4.01. The number of likely N-dealkylation sites (tertiary alicyclic amines) is 1. The third-order valence-electron chi connectivity index (χ3n) is 7.00. The van der Waals surface area contributed by atoms with Gasteiger partial charge in [-0.2, -0.15) is 0 Å². The quantitative estimate of drug-likeness (QED) is 0.572. The number of benzene rings is 2. The summed E-state index contributed by atoms with van der Waals surface area (Å²) in [6.45, 7) is 3.87. The average molecular weight is 441 g/mol. The number of methoxy groups -OCH3 is 1. The van der Waals surface area contributed by atoms with Crippen molar-refractivity contribution in [3.8, 4) is 11.5 Å². The Balaban J connectivity index is 1.28. The number of aliphatic hydroxyl groups excluding tert-OH is 2. The number of halogens is 1. The van der Waals surface area contributed by atoms with Crippen molar-refractivity contribution in [3.05, 3.63) is 59.0 Å². The van der Waals surface area contributed by atoms with Crippen molar-refractivity contribution in [3.63, 3.8) is 0 Å². The van der Waals surface area contributed by atoms with Gasteiger partial charge < -0.3 is 29.6 Å². The molecule has 32 heavy (non-hydrogen) atoms. The SMILES string of the molecule is COc1ccc2c(c1)OC1(CCN(C[C@@H](O)c3c(C)[nH]c4ccc(F)cc34)CC1)C[C@H]2O. The van der Waals surface area contributed by atoms with Gasteiger partial charge in [0.2, 0.25) is 0 Å². The van der Waals surface area contributed by atoms with Crippen LogP contribution < -0.4 is 9.47 Å². The molecule has 5 rings (SSSR count). The summed E-state index contributed by atoms with van der Waals surface area (Å²) in [4.78, 5) is 5.45. The molecule has 1 fully saturated rings. The second-order valence-electron chi connectivity index (χ2n) is 9.08. The molecule has 0 amide bonds. The Labute approximate surface area is 186 Å². The normalized spacial score (nSPS) is 21.3. The van der Waals surface area contributed by atoms with Gasteiger partial charge in [-0.15, -0.1) is 0 Å². The monoisotopic (exact) mass is 440 g/mol. The Morgan fingerprint density at radius 3 is 2.78 bits per heavy atom. The molecule has 0 radical (unpaired) electrons. The maximum atomic E-state index is 13.8. The molecule has 170 valence electrons. The summed E-state index contributed by atoms with van der Waals surface area (Å²) < 4.78 is 25.5. The molecule has 1 spiro atoms. The molecule has 2 aliphatic rings. The number of rotatable bonds is 4. The molecule has 0 saturated carbocycles. The molecule has 3 N–H and O–H groups in total. The summed E-state index contributed by atoms with van der Waals surface area (Å²) in [6.07, 6.45) is 0.793. The molecule has 6 nitrogen and oxygen atoms in total. The van der Waals surface area contributed by atoms with E-state index in [2.05, 4.69) is 9.88 Å². The zero-order valence-corrected chi connectivity index (χ0v) is 18.4. The van der Waals surface area contributed by atoms with Crippen LogP contribution in [0, 0.1) is 12.7 Å². The van der Waals surface area contributed by atoms with E-state index in [-0.39, 0.29) is 5.82 Å². The van der Waals surface area contributed by atoms with Crippen LogP contribution in [0.25, 0.3) is 10.9 Å². The van der Waals surface area contributed by atoms with Crippen LogP contribution in [0.15, 0.2) is 36.4 Å². The van der Waals surface area contributed by atoms with Crippen molar-refractivity contribution < 1.29 is 24.1 Å². The highest BCUT2D eigenvalue weighted by atomic mass is 19.1. The van der Waals surface area contributed by atoms with Crippen LogP contribution in [-0.4, -0.2) is 52.4 Å². The Morgan fingerprint density at radius 1 is 1.25 bits per heavy atom. The Bertz CT molecular complexity index is 1140. The number of fused-ring (bicyclic) bond motifs is 2. The molecule has 7 heteroatoms. The van der Waals surface area contributed by atoms with E-state index in [0.717, 1.165) is 53.7 Å². The smallest absolute Gasteiger partial charge is 0.129 e. The summed E-state index contributed by atoms with van der Waals surface area (Å²) in [6, 6.07) is 10.2. The molecule has 1 aromatic heterocycles. The number of aromatic amines is 1. The fourth-order valence-corrected chi connectivity index (χ4v) is 5.28. The van der Waals surface area contributed by atoms with E-state index in [4.69, 9.17) is 9.47 Å². The highest BCUT2D eigenvalue weighted by Gasteiger charge is 2.43. The number of piperidine rings is 1. The highest BCUT2D eigenvalue weighted by Crippen LogP contribution is 2.45.